The van der Waals surface area contributed by atoms with Gasteiger partial charge in [0.15, 0.2) is 17.5 Å². The van der Waals surface area contributed by atoms with E-state index in [-0.39, 0.29) is 0 Å². The third-order valence-electron chi connectivity index (χ3n) is 7.83. The zero-order chi connectivity index (χ0) is 27.9. The summed E-state index contributed by atoms with van der Waals surface area (Å²) in [6.07, 6.45) is 3.62. The number of benzene rings is 6. The lowest BCUT2D eigenvalue weighted by Crippen LogP contribution is -2.00. The van der Waals surface area contributed by atoms with Gasteiger partial charge >= 0.3 is 0 Å². The molecule has 0 atom stereocenters. The van der Waals surface area contributed by atoms with Crippen molar-refractivity contribution in [3.05, 3.63) is 146 Å². The average Bonchev–Trinajstić information content (AvgIpc) is 3.09. The molecule has 0 bridgehead atoms. The summed E-state index contributed by atoms with van der Waals surface area (Å²) in [7, 11) is 0. The Kier molecular flexibility index (Phi) is 5.75. The van der Waals surface area contributed by atoms with E-state index in [1.807, 2.05) is 54.9 Å². The molecule has 0 aliphatic rings. The fourth-order valence-corrected chi connectivity index (χ4v) is 5.75. The van der Waals surface area contributed by atoms with Crippen LogP contribution in [0.3, 0.4) is 0 Å². The second-order valence-electron chi connectivity index (χ2n) is 10.3. The molecule has 0 spiro atoms. The number of aromatic nitrogens is 4. The molecule has 0 aliphatic heterocycles. The molecular formula is C38H24N4. The predicted octanol–water partition coefficient (Wildman–Crippen LogP) is 9.39. The van der Waals surface area contributed by atoms with Crippen molar-refractivity contribution in [1.29, 1.82) is 0 Å². The Hall–Kier alpha value is -5.74. The highest BCUT2D eigenvalue weighted by Gasteiger charge is 2.15. The fourth-order valence-electron chi connectivity index (χ4n) is 5.75. The molecule has 6 aromatic carbocycles. The number of nitrogens with zero attached hydrogens (tertiary/aromatic N) is 4. The summed E-state index contributed by atoms with van der Waals surface area (Å²) in [6.45, 7) is 0. The largest absolute Gasteiger partial charge is 0.265 e. The molecule has 4 nitrogen and oxygen atoms in total. The SMILES string of the molecule is c1ccc(-c2nc(-c3ccc(-c4ccncc4)cc3)nc(-c3ccc4c5ccccc5c5ccccc5c4c3)n2)cc1. The highest BCUT2D eigenvalue weighted by Crippen LogP contribution is 2.37. The van der Waals surface area contributed by atoms with E-state index in [0.29, 0.717) is 17.5 Å². The Bertz CT molecular complexity index is 2190. The molecule has 8 rings (SSSR count). The van der Waals surface area contributed by atoms with E-state index in [0.717, 1.165) is 27.8 Å². The zero-order valence-corrected chi connectivity index (χ0v) is 22.6. The fraction of sp³-hybridized carbons (Fsp3) is 0. The van der Waals surface area contributed by atoms with Gasteiger partial charge in [0.2, 0.25) is 0 Å². The van der Waals surface area contributed by atoms with Crippen LogP contribution in [0, 0.1) is 0 Å². The van der Waals surface area contributed by atoms with Gasteiger partial charge in [0.05, 0.1) is 0 Å². The first-order valence-electron chi connectivity index (χ1n) is 14.0. The summed E-state index contributed by atoms with van der Waals surface area (Å²) >= 11 is 0. The lowest BCUT2D eigenvalue weighted by Gasteiger charge is -2.12. The Balaban J connectivity index is 1.32. The second kappa shape index (κ2) is 10.0. The maximum Gasteiger partial charge on any atom is 0.164 e. The minimum absolute atomic E-state index is 0.642. The number of hydrogen-bond acceptors (Lipinski definition) is 4. The summed E-state index contributed by atoms with van der Waals surface area (Å²) < 4.78 is 0. The molecule has 0 unspecified atom stereocenters. The van der Waals surface area contributed by atoms with Crippen LogP contribution in [0.15, 0.2) is 146 Å². The Morgan fingerprint density at radius 1 is 0.286 bits per heavy atom. The van der Waals surface area contributed by atoms with Crippen molar-refractivity contribution in [2.24, 2.45) is 0 Å². The van der Waals surface area contributed by atoms with Crippen LogP contribution in [0.1, 0.15) is 0 Å². The van der Waals surface area contributed by atoms with Crippen LogP contribution in [0.2, 0.25) is 0 Å². The molecule has 8 aromatic rings. The molecule has 4 heteroatoms. The quantitative estimate of drug-likeness (QED) is 0.210. The third kappa shape index (κ3) is 4.18. The monoisotopic (exact) mass is 536 g/mol. The van der Waals surface area contributed by atoms with Crippen molar-refractivity contribution >= 4 is 32.3 Å². The van der Waals surface area contributed by atoms with E-state index in [2.05, 4.69) is 96.0 Å². The summed E-state index contributed by atoms with van der Waals surface area (Å²) in [5, 5.41) is 7.38. The van der Waals surface area contributed by atoms with Crippen LogP contribution in [-0.2, 0) is 0 Å². The topological polar surface area (TPSA) is 51.6 Å². The van der Waals surface area contributed by atoms with Gasteiger partial charge in [-0.15, -0.1) is 0 Å². The molecule has 2 heterocycles. The van der Waals surface area contributed by atoms with E-state index < -0.39 is 0 Å². The molecular weight excluding hydrogens is 512 g/mol. The first kappa shape index (κ1) is 24.1. The number of hydrogen-bond donors (Lipinski definition) is 0. The minimum Gasteiger partial charge on any atom is -0.265 e. The van der Waals surface area contributed by atoms with Crippen molar-refractivity contribution in [3.8, 4) is 45.3 Å². The van der Waals surface area contributed by atoms with Crippen molar-refractivity contribution in [3.63, 3.8) is 0 Å². The molecule has 0 saturated heterocycles. The van der Waals surface area contributed by atoms with Crippen molar-refractivity contribution in [2.75, 3.05) is 0 Å². The molecule has 196 valence electrons. The standard InChI is InChI=1S/C38H24N4/c1-2-8-27(9-3-1)36-40-37(28-16-14-25(15-17-28)26-20-22-39-23-21-26)42-38(41-36)29-18-19-34-32-12-5-4-10-30(32)31-11-6-7-13-33(31)35(34)24-29/h1-24H. The van der Waals surface area contributed by atoms with Gasteiger partial charge in [0, 0.05) is 29.1 Å². The van der Waals surface area contributed by atoms with Gasteiger partial charge < -0.3 is 0 Å². The second-order valence-corrected chi connectivity index (χ2v) is 10.3. The van der Waals surface area contributed by atoms with Crippen LogP contribution in [0.4, 0.5) is 0 Å². The number of pyridine rings is 1. The minimum atomic E-state index is 0.642. The highest BCUT2D eigenvalue weighted by molar-refractivity contribution is 6.25. The predicted molar refractivity (Wildman–Crippen MR) is 172 cm³/mol. The summed E-state index contributed by atoms with van der Waals surface area (Å²) in [4.78, 5) is 19.1. The Morgan fingerprint density at radius 2 is 0.690 bits per heavy atom. The molecule has 0 radical (unpaired) electrons. The van der Waals surface area contributed by atoms with Gasteiger partial charge in [-0.25, -0.2) is 15.0 Å². The smallest absolute Gasteiger partial charge is 0.164 e. The van der Waals surface area contributed by atoms with Crippen molar-refractivity contribution < 1.29 is 0 Å². The average molecular weight is 537 g/mol. The van der Waals surface area contributed by atoms with Gasteiger partial charge in [0.1, 0.15) is 0 Å². The van der Waals surface area contributed by atoms with E-state index >= 15 is 0 Å². The van der Waals surface area contributed by atoms with Crippen LogP contribution >= 0.6 is 0 Å². The van der Waals surface area contributed by atoms with E-state index in [1.54, 1.807) is 0 Å². The van der Waals surface area contributed by atoms with Crippen LogP contribution < -0.4 is 0 Å². The van der Waals surface area contributed by atoms with E-state index in [4.69, 9.17) is 15.0 Å². The van der Waals surface area contributed by atoms with Gasteiger partial charge in [-0.1, -0.05) is 115 Å². The number of rotatable bonds is 4. The molecule has 0 N–H and O–H groups in total. The van der Waals surface area contributed by atoms with Gasteiger partial charge in [-0.3, -0.25) is 4.98 Å². The molecule has 0 saturated carbocycles. The molecule has 0 amide bonds. The van der Waals surface area contributed by atoms with E-state index in [1.165, 1.54) is 32.3 Å². The summed E-state index contributed by atoms with van der Waals surface area (Å²) in [5.74, 6) is 1.94. The van der Waals surface area contributed by atoms with Gasteiger partial charge in [-0.2, -0.15) is 0 Å². The van der Waals surface area contributed by atoms with Crippen molar-refractivity contribution in [2.45, 2.75) is 0 Å². The lowest BCUT2D eigenvalue weighted by atomic mass is 9.93. The maximum atomic E-state index is 5.02. The maximum absolute atomic E-state index is 5.02. The normalized spacial score (nSPS) is 11.3. The Labute approximate surface area is 243 Å². The molecule has 42 heavy (non-hydrogen) atoms. The first-order chi connectivity index (χ1) is 20.8. The van der Waals surface area contributed by atoms with E-state index in [9.17, 15) is 0 Å². The summed E-state index contributed by atoms with van der Waals surface area (Å²) in [5.41, 5.74) is 5.08. The third-order valence-corrected chi connectivity index (χ3v) is 7.83. The van der Waals surface area contributed by atoms with Crippen molar-refractivity contribution in [1.82, 2.24) is 19.9 Å². The summed E-state index contributed by atoms with van der Waals surface area (Å²) in [6, 6.07) is 46.3. The lowest BCUT2D eigenvalue weighted by molar-refractivity contribution is 1.07. The van der Waals surface area contributed by atoms with Gasteiger partial charge in [0.25, 0.3) is 0 Å². The van der Waals surface area contributed by atoms with Gasteiger partial charge in [-0.05, 0) is 61.6 Å². The highest BCUT2D eigenvalue weighted by atomic mass is 15.0. The van der Waals surface area contributed by atoms with Crippen LogP contribution in [-0.4, -0.2) is 19.9 Å². The molecule has 2 aromatic heterocycles. The number of fused-ring (bicyclic) bond motifs is 6. The molecule has 0 fully saturated rings. The molecule has 0 aliphatic carbocycles. The van der Waals surface area contributed by atoms with Crippen LogP contribution in [0.25, 0.3) is 77.6 Å². The van der Waals surface area contributed by atoms with Crippen LogP contribution in [0.5, 0.6) is 0 Å². The zero-order valence-electron chi connectivity index (χ0n) is 22.6. The first-order valence-corrected chi connectivity index (χ1v) is 14.0. The Morgan fingerprint density at radius 3 is 1.29 bits per heavy atom.